The molecule has 48 heavy (non-hydrogen) atoms. The molecule has 0 bridgehead atoms. The molecule has 0 amide bonds. The number of aryl methyl sites for hydroxylation is 1. The first-order valence-electron chi connectivity index (χ1n) is 17.8. The van der Waals surface area contributed by atoms with Crippen molar-refractivity contribution < 1.29 is 4.11 Å². The van der Waals surface area contributed by atoms with Crippen LogP contribution in [0.1, 0.15) is 29.1 Å². The van der Waals surface area contributed by atoms with Gasteiger partial charge in [-0.1, -0.05) is 121 Å². The number of benzene rings is 7. The van der Waals surface area contributed by atoms with Crippen LogP contribution in [0.3, 0.4) is 0 Å². The summed E-state index contributed by atoms with van der Waals surface area (Å²) in [5.74, 6) is 0.529. The molecule has 0 unspecified atom stereocenters. The van der Waals surface area contributed by atoms with Gasteiger partial charge in [0.05, 0.1) is 22.4 Å². The molecule has 0 fully saturated rings. The third kappa shape index (κ3) is 3.69. The van der Waals surface area contributed by atoms with Crippen molar-refractivity contribution in [2.24, 2.45) is 0 Å². The van der Waals surface area contributed by atoms with Gasteiger partial charge >= 0.3 is 0 Å². The van der Waals surface area contributed by atoms with E-state index in [9.17, 15) is 0 Å². The Morgan fingerprint density at radius 1 is 0.646 bits per heavy atom. The highest BCUT2D eigenvalue weighted by molar-refractivity contribution is 7.26. The molecule has 9 aromatic rings. The number of anilines is 2. The molecule has 0 saturated carbocycles. The van der Waals surface area contributed by atoms with E-state index in [4.69, 9.17) is 14.1 Å². The predicted octanol–water partition coefficient (Wildman–Crippen LogP) is 12.3. The van der Waals surface area contributed by atoms with E-state index in [1.807, 2.05) is 54.6 Å². The summed E-state index contributed by atoms with van der Waals surface area (Å²) in [4.78, 5) is 13.0. The minimum atomic E-state index is -2.37. The summed E-state index contributed by atoms with van der Waals surface area (Å²) in [6.45, 7) is 1.90. The smallest absolute Gasteiger partial charge is 0.231 e. The van der Waals surface area contributed by atoms with Crippen molar-refractivity contribution in [1.82, 2.24) is 9.97 Å². The van der Waals surface area contributed by atoms with Crippen molar-refractivity contribution in [1.29, 1.82) is 0 Å². The number of aromatic nitrogens is 2. The maximum absolute atomic E-state index is 8.94. The summed E-state index contributed by atoms with van der Waals surface area (Å²) in [7, 11) is 0. The van der Waals surface area contributed by atoms with Gasteiger partial charge in [-0.15, -0.1) is 11.3 Å². The monoisotopic (exact) mass is 636 g/mol. The number of para-hydroxylation sites is 1. The topological polar surface area (TPSA) is 29.0 Å². The second kappa shape index (κ2) is 9.96. The summed E-state index contributed by atoms with van der Waals surface area (Å²) >= 11 is 1.80. The molecule has 7 aromatic carbocycles. The van der Waals surface area contributed by atoms with Crippen LogP contribution in [0, 0.1) is 6.85 Å². The zero-order valence-corrected chi connectivity index (χ0v) is 27.3. The minimum Gasteiger partial charge on any atom is -0.299 e. The molecule has 0 N–H and O–H groups in total. The number of hydrogen-bond acceptors (Lipinski definition) is 4. The van der Waals surface area contributed by atoms with E-state index in [-0.39, 0.29) is 0 Å². The Hall–Kier alpha value is -5.58. The largest absolute Gasteiger partial charge is 0.299 e. The van der Waals surface area contributed by atoms with Gasteiger partial charge < -0.3 is 0 Å². The molecular formula is C44H31N3S. The van der Waals surface area contributed by atoms with Crippen LogP contribution in [0.4, 0.5) is 11.6 Å². The second-order valence-corrected chi connectivity index (χ2v) is 14.2. The second-order valence-electron chi connectivity index (χ2n) is 13.1. The van der Waals surface area contributed by atoms with Crippen LogP contribution in [0.2, 0.25) is 0 Å². The number of thiophene rings is 1. The van der Waals surface area contributed by atoms with E-state index in [0.29, 0.717) is 11.5 Å². The highest BCUT2D eigenvalue weighted by atomic mass is 32.1. The van der Waals surface area contributed by atoms with Crippen molar-refractivity contribution in [3.63, 3.8) is 0 Å². The van der Waals surface area contributed by atoms with Gasteiger partial charge in [-0.3, -0.25) is 4.90 Å². The third-order valence-corrected chi connectivity index (χ3v) is 11.2. The molecule has 0 atom stereocenters. The first kappa shape index (κ1) is 24.6. The molecule has 0 radical (unpaired) electrons. The van der Waals surface area contributed by atoms with Crippen molar-refractivity contribution in [3.8, 4) is 22.4 Å². The molecule has 228 valence electrons. The summed E-state index contributed by atoms with van der Waals surface area (Å²) in [5, 5.41) is 7.40. The van der Waals surface area contributed by atoms with Crippen molar-refractivity contribution in [2.75, 3.05) is 4.90 Å². The fraction of sp³-hybridized carbons (Fsp3) is 0.0909. The predicted molar refractivity (Wildman–Crippen MR) is 205 cm³/mol. The average Bonchev–Trinajstić information content (AvgIpc) is 3.54. The lowest BCUT2D eigenvalue weighted by Gasteiger charge is -2.47. The van der Waals surface area contributed by atoms with Crippen molar-refractivity contribution in [3.05, 3.63) is 145 Å². The number of fused-ring (bicyclic) bond motifs is 13. The highest BCUT2D eigenvalue weighted by Crippen LogP contribution is 2.60. The van der Waals surface area contributed by atoms with Crippen LogP contribution in [-0.4, -0.2) is 9.97 Å². The lowest BCUT2D eigenvalue weighted by Crippen LogP contribution is -2.43. The Labute approximate surface area is 287 Å². The zero-order valence-electron chi connectivity index (χ0n) is 29.5. The molecule has 3 nitrogen and oxygen atoms in total. The molecule has 2 aromatic heterocycles. The molecule has 4 heteroatoms. The summed E-state index contributed by atoms with van der Waals surface area (Å²) in [5.41, 5.74) is 5.85. The van der Waals surface area contributed by atoms with Crippen LogP contribution in [0.25, 0.3) is 75.0 Å². The fourth-order valence-corrected chi connectivity index (χ4v) is 9.31. The summed E-state index contributed by atoms with van der Waals surface area (Å²) in [6.07, 6.45) is 0. The number of rotatable bonds is 2. The molecule has 1 aliphatic heterocycles. The maximum Gasteiger partial charge on any atom is 0.231 e. The van der Waals surface area contributed by atoms with Gasteiger partial charge in [0, 0.05) is 46.2 Å². The molecule has 3 heterocycles. The van der Waals surface area contributed by atoms with E-state index in [1.54, 1.807) is 11.3 Å². The quantitative estimate of drug-likeness (QED) is 0.189. The van der Waals surface area contributed by atoms with E-state index >= 15 is 0 Å². The molecule has 0 spiro atoms. The van der Waals surface area contributed by atoms with Crippen LogP contribution >= 0.6 is 11.3 Å². The fourth-order valence-electron chi connectivity index (χ4n) is 8.06. The first-order chi connectivity index (χ1) is 24.7. The van der Waals surface area contributed by atoms with Crippen molar-refractivity contribution >= 4 is 75.6 Å². The maximum atomic E-state index is 8.94. The third-order valence-electron chi connectivity index (χ3n) is 10.0. The number of hydrogen-bond donors (Lipinski definition) is 0. The summed E-state index contributed by atoms with van der Waals surface area (Å²) in [6, 6.07) is 45.6. The Morgan fingerprint density at radius 3 is 2.12 bits per heavy atom. The first-order valence-corrected chi connectivity index (χ1v) is 17.1. The van der Waals surface area contributed by atoms with Crippen LogP contribution < -0.4 is 4.90 Å². The lowest BCUT2D eigenvalue weighted by molar-refractivity contribution is 0.522. The normalized spacial score (nSPS) is 15.0. The SMILES string of the molecule is [2H]C([2H])([2H])c1cc2ccccc2c2c1C(C)(C)N(c1nc(-c3ccccc3)c3ccccc3n1)c1c-2c2ccccc2c2sc3ccccc3c12. The van der Waals surface area contributed by atoms with Gasteiger partial charge in [0.1, 0.15) is 0 Å². The summed E-state index contributed by atoms with van der Waals surface area (Å²) < 4.78 is 29.2. The Bertz CT molecular complexity index is 2890. The van der Waals surface area contributed by atoms with Gasteiger partial charge in [-0.05, 0) is 65.7 Å². The van der Waals surface area contributed by atoms with E-state index in [1.165, 1.54) is 9.40 Å². The average molecular weight is 637 g/mol. The molecule has 1 aliphatic rings. The highest BCUT2D eigenvalue weighted by Gasteiger charge is 2.44. The van der Waals surface area contributed by atoms with E-state index in [0.717, 1.165) is 76.9 Å². The van der Waals surface area contributed by atoms with Crippen LogP contribution in [0.5, 0.6) is 0 Å². The van der Waals surface area contributed by atoms with Gasteiger partial charge in [-0.2, -0.15) is 0 Å². The minimum absolute atomic E-state index is 0.347. The zero-order chi connectivity index (χ0) is 34.6. The molecular weight excluding hydrogens is 603 g/mol. The van der Waals surface area contributed by atoms with Gasteiger partial charge in [0.25, 0.3) is 0 Å². The Morgan fingerprint density at radius 2 is 1.31 bits per heavy atom. The van der Waals surface area contributed by atoms with Crippen molar-refractivity contribution in [2.45, 2.75) is 26.2 Å². The van der Waals surface area contributed by atoms with Crippen LogP contribution in [-0.2, 0) is 5.54 Å². The Kier molecular flexibility index (Phi) is 5.10. The van der Waals surface area contributed by atoms with Gasteiger partial charge in [0.15, 0.2) is 0 Å². The standard InChI is InChI=1S/C44H31N3S/c1-26-25-28-17-7-8-18-29(28)36-37-30-19-9-10-20-31(30)42-38(33-22-12-14-24-35(33)48-42)41(37)47(44(2,3)39(26)36)43-45-34-23-13-11-21-32(34)40(46-43)27-15-5-4-6-16-27/h4-25H,1-3H3/i1D3. The van der Waals surface area contributed by atoms with E-state index < -0.39 is 12.4 Å². The van der Waals surface area contributed by atoms with Gasteiger partial charge in [0.2, 0.25) is 5.95 Å². The van der Waals surface area contributed by atoms with E-state index in [2.05, 4.69) is 97.6 Å². The van der Waals surface area contributed by atoms with Crippen LogP contribution in [0.15, 0.2) is 133 Å². The lowest BCUT2D eigenvalue weighted by atomic mass is 9.74. The molecule has 0 aliphatic carbocycles. The van der Waals surface area contributed by atoms with Gasteiger partial charge in [-0.25, -0.2) is 9.97 Å². The molecule has 0 saturated heterocycles. The number of nitrogens with zero attached hydrogens (tertiary/aromatic N) is 3. The Balaban J connectivity index is 1.47. The molecule has 10 rings (SSSR count).